The zero-order valence-corrected chi connectivity index (χ0v) is 12.7. The zero-order chi connectivity index (χ0) is 15.0. The van der Waals surface area contributed by atoms with Gasteiger partial charge in [-0.25, -0.2) is 8.78 Å². The highest BCUT2D eigenvalue weighted by atomic mass is 79.9. The minimum absolute atomic E-state index is 0.107. The van der Waals surface area contributed by atoms with Gasteiger partial charge in [0, 0.05) is 0 Å². The lowest BCUT2D eigenvalue weighted by Crippen LogP contribution is -2.03. The number of ether oxygens (including phenoxy) is 1. The van der Waals surface area contributed by atoms with Crippen LogP contribution in [0, 0.1) is 11.6 Å². The molecule has 0 aromatic heterocycles. The Balaban J connectivity index is 1.79. The van der Waals surface area contributed by atoms with Crippen molar-refractivity contribution in [1.82, 2.24) is 0 Å². The third-order valence-corrected chi connectivity index (χ3v) is 4.30. The van der Waals surface area contributed by atoms with Crippen LogP contribution < -0.4 is 4.74 Å². The Morgan fingerprint density at radius 3 is 2.86 bits per heavy atom. The van der Waals surface area contributed by atoms with E-state index in [2.05, 4.69) is 15.9 Å². The molecule has 0 radical (unpaired) electrons. The first-order chi connectivity index (χ1) is 10.1. The smallest absolute Gasteiger partial charge is 0.146 e. The molecule has 0 saturated carbocycles. The number of aliphatic hydroxyl groups excluding tert-OH is 1. The second-order valence-corrected chi connectivity index (χ2v) is 5.88. The molecule has 2 nitrogen and oxygen atoms in total. The highest BCUT2D eigenvalue weighted by Gasteiger charge is 2.20. The molecule has 110 valence electrons. The molecule has 0 bridgehead atoms. The summed E-state index contributed by atoms with van der Waals surface area (Å²) in [6.45, 7) is -0.182. The number of fused-ring (bicyclic) bond motifs is 1. The van der Waals surface area contributed by atoms with Crippen molar-refractivity contribution in [3.05, 3.63) is 63.1 Å². The Morgan fingerprint density at radius 1 is 1.24 bits per heavy atom. The molecule has 0 aliphatic heterocycles. The van der Waals surface area contributed by atoms with Gasteiger partial charge in [0.25, 0.3) is 0 Å². The van der Waals surface area contributed by atoms with Gasteiger partial charge in [0.15, 0.2) is 0 Å². The second kappa shape index (κ2) is 5.73. The van der Waals surface area contributed by atoms with Gasteiger partial charge in [-0.15, -0.1) is 0 Å². The van der Waals surface area contributed by atoms with Crippen LogP contribution in [0.15, 0.2) is 34.8 Å². The number of benzene rings is 2. The van der Waals surface area contributed by atoms with Crippen LogP contribution in [-0.4, -0.2) is 5.11 Å². The summed E-state index contributed by atoms with van der Waals surface area (Å²) in [5.74, 6) is -0.736. The van der Waals surface area contributed by atoms with Crippen molar-refractivity contribution in [2.24, 2.45) is 0 Å². The minimum Gasteiger partial charge on any atom is -0.489 e. The van der Waals surface area contributed by atoms with Gasteiger partial charge in [0.05, 0.1) is 16.1 Å². The normalized spacial score (nSPS) is 16.9. The fourth-order valence-corrected chi connectivity index (χ4v) is 2.89. The summed E-state index contributed by atoms with van der Waals surface area (Å²) in [4.78, 5) is 0. The highest BCUT2D eigenvalue weighted by molar-refractivity contribution is 9.10. The predicted molar refractivity (Wildman–Crippen MR) is 78.1 cm³/mol. The molecule has 0 saturated heterocycles. The van der Waals surface area contributed by atoms with E-state index in [-0.39, 0.29) is 16.6 Å². The number of aliphatic hydroxyl groups is 1. The van der Waals surface area contributed by atoms with Crippen molar-refractivity contribution in [3.63, 3.8) is 0 Å². The largest absolute Gasteiger partial charge is 0.489 e. The fourth-order valence-electron chi connectivity index (χ4n) is 2.52. The van der Waals surface area contributed by atoms with Gasteiger partial charge >= 0.3 is 0 Å². The van der Waals surface area contributed by atoms with Crippen LogP contribution in [0.2, 0.25) is 0 Å². The highest BCUT2D eigenvalue weighted by Crippen LogP contribution is 2.33. The van der Waals surface area contributed by atoms with Gasteiger partial charge in [-0.2, -0.15) is 0 Å². The number of aryl methyl sites for hydroxylation is 1. The summed E-state index contributed by atoms with van der Waals surface area (Å²) in [6.07, 6.45) is 1.06. The molecular formula is C16H13BrF2O2. The lowest BCUT2D eigenvalue weighted by Gasteiger charge is -2.11. The minimum atomic E-state index is -0.647. The summed E-state index contributed by atoms with van der Waals surface area (Å²) in [6, 6.07) is 7.85. The Kier molecular flexibility index (Phi) is 3.95. The van der Waals surface area contributed by atoms with Gasteiger partial charge in [0.2, 0.25) is 0 Å². The van der Waals surface area contributed by atoms with Crippen molar-refractivity contribution in [2.45, 2.75) is 25.6 Å². The SMILES string of the molecule is O[C@@H]1CCc2cc(OCc3c(F)ccc(Br)c3F)ccc21. The van der Waals surface area contributed by atoms with E-state index in [1.165, 1.54) is 12.1 Å². The molecule has 0 heterocycles. The molecule has 0 unspecified atom stereocenters. The van der Waals surface area contributed by atoms with Crippen molar-refractivity contribution in [2.75, 3.05) is 0 Å². The standard InChI is InChI=1S/C16H13BrF2O2/c17-13-4-5-14(18)12(16(13)19)8-21-10-2-3-11-9(7-10)1-6-15(11)20/h2-5,7,15,20H,1,6,8H2/t15-/m1/s1. The van der Waals surface area contributed by atoms with Crippen molar-refractivity contribution in [1.29, 1.82) is 0 Å². The molecule has 2 aromatic carbocycles. The Labute approximate surface area is 129 Å². The maximum atomic E-state index is 13.8. The van der Waals surface area contributed by atoms with E-state index in [0.717, 1.165) is 17.5 Å². The molecule has 2 aromatic rings. The summed E-state index contributed by atoms with van der Waals surface area (Å²) in [7, 11) is 0. The molecule has 0 amide bonds. The maximum Gasteiger partial charge on any atom is 0.146 e. The van der Waals surface area contributed by atoms with Crippen molar-refractivity contribution >= 4 is 15.9 Å². The third-order valence-electron chi connectivity index (χ3n) is 3.68. The first kappa shape index (κ1) is 14.5. The summed E-state index contributed by atoms with van der Waals surface area (Å²) in [5.41, 5.74) is 1.82. The van der Waals surface area contributed by atoms with E-state index in [1.807, 2.05) is 6.07 Å². The molecule has 21 heavy (non-hydrogen) atoms. The summed E-state index contributed by atoms with van der Waals surface area (Å²) < 4.78 is 33.2. The molecule has 0 spiro atoms. The van der Waals surface area contributed by atoms with Crippen LogP contribution in [0.3, 0.4) is 0 Å². The van der Waals surface area contributed by atoms with Crippen LogP contribution in [0.1, 0.15) is 29.2 Å². The van der Waals surface area contributed by atoms with E-state index in [1.54, 1.807) is 12.1 Å². The Morgan fingerprint density at radius 2 is 2.05 bits per heavy atom. The molecule has 0 fully saturated rings. The molecule has 1 aliphatic carbocycles. The van der Waals surface area contributed by atoms with Gasteiger partial charge in [-0.3, -0.25) is 0 Å². The fraction of sp³-hybridized carbons (Fsp3) is 0.250. The van der Waals surface area contributed by atoms with Gasteiger partial charge in [-0.1, -0.05) is 6.07 Å². The first-order valence-corrected chi connectivity index (χ1v) is 7.41. The van der Waals surface area contributed by atoms with Crippen LogP contribution in [0.25, 0.3) is 0 Å². The molecule has 1 atom stereocenters. The molecule has 3 rings (SSSR count). The molecule has 1 N–H and O–H groups in total. The quantitative estimate of drug-likeness (QED) is 0.833. The molecular weight excluding hydrogens is 342 g/mol. The number of hydrogen-bond acceptors (Lipinski definition) is 2. The lowest BCUT2D eigenvalue weighted by atomic mass is 10.1. The second-order valence-electron chi connectivity index (χ2n) is 5.03. The monoisotopic (exact) mass is 354 g/mol. The topological polar surface area (TPSA) is 29.5 Å². The average Bonchev–Trinajstić information content (AvgIpc) is 2.84. The number of hydrogen-bond donors (Lipinski definition) is 1. The van der Waals surface area contributed by atoms with E-state index in [4.69, 9.17) is 4.74 Å². The van der Waals surface area contributed by atoms with E-state index < -0.39 is 17.7 Å². The van der Waals surface area contributed by atoms with Gasteiger partial charge in [0.1, 0.15) is 24.0 Å². The average molecular weight is 355 g/mol. The van der Waals surface area contributed by atoms with Crippen LogP contribution >= 0.6 is 15.9 Å². The first-order valence-electron chi connectivity index (χ1n) is 6.62. The van der Waals surface area contributed by atoms with E-state index >= 15 is 0 Å². The zero-order valence-electron chi connectivity index (χ0n) is 11.1. The van der Waals surface area contributed by atoms with Crippen LogP contribution in [0.4, 0.5) is 8.78 Å². The third kappa shape index (κ3) is 2.80. The Bertz CT molecular complexity index is 688. The van der Waals surface area contributed by atoms with E-state index in [9.17, 15) is 13.9 Å². The summed E-state index contributed by atoms with van der Waals surface area (Å²) >= 11 is 3.03. The molecule has 1 aliphatic rings. The van der Waals surface area contributed by atoms with Crippen LogP contribution in [-0.2, 0) is 13.0 Å². The van der Waals surface area contributed by atoms with Crippen molar-refractivity contribution in [3.8, 4) is 5.75 Å². The predicted octanol–water partition coefficient (Wildman–Crippen LogP) is 4.29. The van der Waals surface area contributed by atoms with Crippen molar-refractivity contribution < 1.29 is 18.6 Å². The summed E-state index contributed by atoms with van der Waals surface area (Å²) in [5, 5.41) is 9.74. The van der Waals surface area contributed by atoms with E-state index in [0.29, 0.717) is 12.2 Å². The van der Waals surface area contributed by atoms with Gasteiger partial charge in [-0.05, 0) is 64.2 Å². The van der Waals surface area contributed by atoms with Gasteiger partial charge < -0.3 is 9.84 Å². The Hall–Kier alpha value is -1.46. The molecule has 5 heteroatoms. The maximum absolute atomic E-state index is 13.8. The van der Waals surface area contributed by atoms with Crippen LogP contribution in [0.5, 0.6) is 5.75 Å². The number of rotatable bonds is 3. The lowest BCUT2D eigenvalue weighted by molar-refractivity contribution is 0.180. The number of halogens is 3.